The minimum Gasteiger partial charge on any atom is -0.451 e. The zero-order chi connectivity index (χ0) is 16.7. The highest BCUT2D eigenvalue weighted by molar-refractivity contribution is 5.92. The molecule has 3 unspecified atom stereocenters. The van der Waals surface area contributed by atoms with E-state index >= 15 is 0 Å². The van der Waals surface area contributed by atoms with Crippen molar-refractivity contribution < 1.29 is 14.1 Å². The van der Waals surface area contributed by atoms with E-state index in [2.05, 4.69) is 10.2 Å². The number of nitrogens with one attached hydrogen (secondary N) is 1. The third-order valence-corrected chi connectivity index (χ3v) is 4.85. The van der Waals surface area contributed by atoms with Crippen LogP contribution in [0.2, 0.25) is 0 Å². The standard InChI is InChI=1S/C17H17N3O4/c21-17(18-13-10-19-8-7-11(13)9-19)16-6-5-15(24-16)12-3-1-2-4-14(12)20(22)23/h1-6,11,13H,7-10H2,(H,18,21). The maximum absolute atomic E-state index is 12.4. The van der Waals surface area contributed by atoms with Gasteiger partial charge in [-0.2, -0.15) is 0 Å². The van der Waals surface area contributed by atoms with E-state index in [1.165, 1.54) is 6.07 Å². The minimum atomic E-state index is -0.457. The molecular weight excluding hydrogens is 310 g/mol. The van der Waals surface area contributed by atoms with Gasteiger partial charge >= 0.3 is 0 Å². The Bertz CT molecular complexity index is 801. The SMILES string of the molecule is O=C(NC1CN2CCC1C2)c1ccc(-c2ccccc2[N+](=O)[O-])o1. The highest BCUT2D eigenvalue weighted by atomic mass is 16.6. The van der Waals surface area contributed by atoms with Gasteiger partial charge in [0.05, 0.1) is 10.5 Å². The Morgan fingerprint density at radius 1 is 1.25 bits per heavy atom. The molecule has 3 heterocycles. The molecule has 1 aromatic carbocycles. The van der Waals surface area contributed by atoms with Gasteiger partial charge in [-0.1, -0.05) is 12.1 Å². The molecule has 124 valence electrons. The Hall–Kier alpha value is -2.67. The number of carbonyl (C=O) groups is 1. The average Bonchev–Trinajstić information content (AvgIpc) is 3.31. The maximum atomic E-state index is 12.4. The number of benzene rings is 1. The second-order valence-corrected chi connectivity index (χ2v) is 6.33. The first kappa shape index (κ1) is 14.9. The fraction of sp³-hybridized carbons (Fsp3) is 0.353. The van der Waals surface area contributed by atoms with Crippen LogP contribution in [0.3, 0.4) is 0 Å². The van der Waals surface area contributed by atoms with Gasteiger partial charge in [-0.3, -0.25) is 14.9 Å². The van der Waals surface area contributed by atoms with Crippen LogP contribution in [-0.4, -0.2) is 41.4 Å². The summed E-state index contributed by atoms with van der Waals surface area (Å²) in [5.74, 6) is 0.752. The first-order chi connectivity index (χ1) is 11.6. The lowest BCUT2D eigenvalue weighted by Crippen LogP contribution is -2.43. The van der Waals surface area contributed by atoms with Crippen LogP contribution in [0.5, 0.6) is 0 Å². The van der Waals surface area contributed by atoms with Crippen molar-refractivity contribution in [2.45, 2.75) is 12.5 Å². The van der Waals surface area contributed by atoms with Gasteiger partial charge in [0.1, 0.15) is 5.76 Å². The molecule has 0 radical (unpaired) electrons. The maximum Gasteiger partial charge on any atom is 0.287 e. The molecule has 2 bridgehead atoms. The van der Waals surface area contributed by atoms with E-state index in [1.807, 2.05) is 0 Å². The Kier molecular flexibility index (Phi) is 3.57. The second kappa shape index (κ2) is 5.76. The first-order valence-electron chi connectivity index (χ1n) is 7.98. The smallest absolute Gasteiger partial charge is 0.287 e. The molecule has 2 aliphatic rings. The number of nitrogens with zero attached hydrogens (tertiary/aromatic N) is 2. The number of nitro benzene ring substituents is 1. The van der Waals surface area contributed by atoms with E-state index in [0.717, 1.165) is 26.1 Å². The van der Waals surface area contributed by atoms with E-state index in [-0.39, 0.29) is 23.4 Å². The number of piperidine rings is 1. The Morgan fingerprint density at radius 3 is 2.79 bits per heavy atom. The molecule has 1 aromatic heterocycles. The van der Waals surface area contributed by atoms with E-state index in [9.17, 15) is 14.9 Å². The molecule has 2 fully saturated rings. The second-order valence-electron chi connectivity index (χ2n) is 6.33. The molecule has 2 aliphatic heterocycles. The van der Waals surface area contributed by atoms with Crippen LogP contribution < -0.4 is 5.32 Å². The molecule has 7 nitrogen and oxygen atoms in total. The summed E-state index contributed by atoms with van der Waals surface area (Å²) < 4.78 is 5.58. The topological polar surface area (TPSA) is 88.6 Å². The lowest BCUT2D eigenvalue weighted by atomic mass is 10.00. The molecule has 2 saturated heterocycles. The quantitative estimate of drug-likeness (QED) is 0.687. The summed E-state index contributed by atoms with van der Waals surface area (Å²) in [5.41, 5.74) is 0.326. The predicted octanol–water partition coefficient (Wildman–Crippen LogP) is 2.29. The summed E-state index contributed by atoms with van der Waals surface area (Å²) in [6, 6.07) is 9.65. The molecule has 0 saturated carbocycles. The molecule has 7 heteroatoms. The molecule has 24 heavy (non-hydrogen) atoms. The highest BCUT2D eigenvalue weighted by Crippen LogP contribution is 2.31. The van der Waals surface area contributed by atoms with Gasteiger partial charge in [0.15, 0.2) is 5.76 Å². The summed E-state index contributed by atoms with van der Waals surface area (Å²) in [5, 5.41) is 14.1. The first-order valence-corrected chi connectivity index (χ1v) is 7.98. The predicted molar refractivity (Wildman–Crippen MR) is 86.6 cm³/mol. The van der Waals surface area contributed by atoms with Gasteiger partial charge in [-0.05, 0) is 37.1 Å². The van der Waals surface area contributed by atoms with Crippen molar-refractivity contribution in [2.75, 3.05) is 19.6 Å². The average molecular weight is 327 g/mol. The molecule has 1 amide bonds. The van der Waals surface area contributed by atoms with Crippen LogP contribution in [0.15, 0.2) is 40.8 Å². The summed E-state index contributed by atoms with van der Waals surface area (Å²) in [6.45, 7) is 3.04. The van der Waals surface area contributed by atoms with Gasteiger partial charge in [-0.15, -0.1) is 0 Å². The molecule has 3 atom stereocenters. The van der Waals surface area contributed by atoms with E-state index < -0.39 is 4.92 Å². The number of amides is 1. The zero-order valence-electron chi connectivity index (χ0n) is 13.0. The minimum absolute atomic E-state index is 0.0419. The summed E-state index contributed by atoms with van der Waals surface area (Å²) in [6.07, 6.45) is 1.12. The monoisotopic (exact) mass is 327 g/mol. The number of furan rings is 1. The molecular formula is C17H17N3O4. The number of rotatable bonds is 4. The third kappa shape index (κ3) is 2.56. The van der Waals surface area contributed by atoms with Crippen LogP contribution in [0, 0.1) is 16.0 Å². The largest absolute Gasteiger partial charge is 0.451 e. The van der Waals surface area contributed by atoms with Crippen molar-refractivity contribution >= 4 is 11.6 Å². The lowest BCUT2D eigenvalue weighted by Gasteiger charge is -2.22. The number of para-hydroxylation sites is 1. The number of fused-ring (bicyclic) bond motifs is 2. The zero-order valence-corrected chi connectivity index (χ0v) is 13.0. The van der Waals surface area contributed by atoms with Gasteiger partial charge in [-0.25, -0.2) is 0 Å². The molecule has 1 N–H and O–H groups in total. The van der Waals surface area contributed by atoms with Crippen LogP contribution in [0.25, 0.3) is 11.3 Å². The van der Waals surface area contributed by atoms with Crippen LogP contribution in [0.1, 0.15) is 17.0 Å². The van der Waals surface area contributed by atoms with Crippen molar-refractivity contribution in [2.24, 2.45) is 5.92 Å². The normalized spacial score (nSPS) is 24.9. The number of nitro groups is 1. The summed E-state index contributed by atoms with van der Waals surface area (Å²) in [4.78, 5) is 25.4. The fourth-order valence-electron chi connectivity index (χ4n) is 3.63. The lowest BCUT2D eigenvalue weighted by molar-refractivity contribution is -0.384. The van der Waals surface area contributed by atoms with Gasteiger partial charge in [0.25, 0.3) is 11.6 Å². The van der Waals surface area contributed by atoms with Crippen molar-refractivity contribution in [3.63, 3.8) is 0 Å². The van der Waals surface area contributed by atoms with E-state index in [4.69, 9.17) is 4.42 Å². The van der Waals surface area contributed by atoms with Crippen molar-refractivity contribution in [1.82, 2.24) is 10.2 Å². The fourth-order valence-corrected chi connectivity index (χ4v) is 3.63. The third-order valence-electron chi connectivity index (χ3n) is 4.85. The Balaban J connectivity index is 1.53. The van der Waals surface area contributed by atoms with Crippen LogP contribution >= 0.6 is 0 Å². The van der Waals surface area contributed by atoms with Crippen molar-refractivity contribution in [3.05, 3.63) is 52.3 Å². The highest BCUT2D eigenvalue weighted by Gasteiger charge is 2.39. The number of hydrogen-bond acceptors (Lipinski definition) is 5. The molecule has 2 aromatic rings. The van der Waals surface area contributed by atoms with Gasteiger partial charge in [0, 0.05) is 25.2 Å². The van der Waals surface area contributed by atoms with Gasteiger partial charge in [0.2, 0.25) is 0 Å². The Morgan fingerprint density at radius 2 is 2.08 bits per heavy atom. The van der Waals surface area contributed by atoms with Crippen LogP contribution in [0.4, 0.5) is 5.69 Å². The van der Waals surface area contributed by atoms with Crippen molar-refractivity contribution in [1.29, 1.82) is 0 Å². The Labute approximate surface area is 138 Å². The van der Waals surface area contributed by atoms with Crippen molar-refractivity contribution in [3.8, 4) is 11.3 Å². The molecule has 0 aliphatic carbocycles. The van der Waals surface area contributed by atoms with E-state index in [1.54, 1.807) is 30.3 Å². The number of hydrogen-bond donors (Lipinski definition) is 1. The van der Waals surface area contributed by atoms with Gasteiger partial charge < -0.3 is 14.6 Å². The summed E-state index contributed by atoms with van der Waals surface area (Å²) >= 11 is 0. The summed E-state index contributed by atoms with van der Waals surface area (Å²) in [7, 11) is 0. The molecule has 0 spiro atoms. The van der Waals surface area contributed by atoms with E-state index in [0.29, 0.717) is 17.2 Å². The molecule has 4 rings (SSSR count). The van der Waals surface area contributed by atoms with Crippen LogP contribution in [-0.2, 0) is 0 Å². The number of carbonyl (C=O) groups excluding carboxylic acids is 1.